The molecule has 0 bridgehead atoms. The fraction of sp³-hybridized carbons (Fsp3) is 0.619. The van der Waals surface area contributed by atoms with E-state index in [1.807, 2.05) is 12.1 Å². The molecule has 2 fully saturated rings. The summed E-state index contributed by atoms with van der Waals surface area (Å²) in [6.45, 7) is 8.55. The van der Waals surface area contributed by atoms with Crippen molar-refractivity contribution in [1.82, 2.24) is 15.1 Å². The van der Waals surface area contributed by atoms with Crippen LogP contribution in [0.1, 0.15) is 44.6 Å². The number of hydrogen-bond acceptors (Lipinski definition) is 4. The summed E-state index contributed by atoms with van der Waals surface area (Å²) in [5.74, 6) is 0.688. The lowest BCUT2D eigenvalue weighted by molar-refractivity contribution is -0.123. The van der Waals surface area contributed by atoms with Crippen molar-refractivity contribution < 1.29 is 9.59 Å². The molecular formula is C21H32N4O2. The van der Waals surface area contributed by atoms with Gasteiger partial charge in [-0.15, -0.1) is 0 Å². The van der Waals surface area contributed by atoms with Crippen LogP contribution in [-0.2, 0) is 9.59 Å². The summed E-state index contributed by atoms with van der Waals surface area (Å²) in [4.78, 5) is 28.5. The molecule has 3 rings (SSSR count). The van der Waals surface area contributed by atoms with Crippen LogP contribution in [0.15, 0.2) is 24.3 Å². The topological polar surface area (TPSA) is 64.7 Å². The van der Waals surface area contributed by atoms with E-state index in [9.17, 15) is 9.59 Å². The number of carbonyl (C=O) groups excluding carboxylic acids is 2. The molecule has 1 aliphatic heterocycles. The SMILES string of the molecule is CCC(C)c1ccc(NC(=O)CN2CCN(CC(=O)NC3CC3)CC2)cc1. The summed E-state index contributed by atoms with van der Waals surface area (Å²) in [5.41, 5.74) is 2.15. The largest absolute Gasteiger partial charge is 0.352 e. The maximum Gasteiger partial charge on any atom is 0.238 e. The standard InChI is InChI=1S/C21H32N4O2/c1-3-16(2)17-4-6-18(7-5-17)22-20(26)14-24-10-12-25(13-11-24)15-21(27)23-19-8-9-19/h4-7,16,19H,3,8-15H2,1-2H3,(H,22,26)(H,23,27). The van der Waals surface area contributed by atoms with Gasteiger partial charge in [0.15, 0.2) is 0 Å². The van der Waals surface area contributed by atoms with Crippen molar-refractivity contribution >= 4 is 17.5 Å². The van der Waals surface area contributed by atoms with E-state index in [1.54, 1.807) is 0 Å². The number of nitrogens with one attached hydrogen (secondary N) is 2. The number of piperazine rings is 1. The summed E-state index contributed by atoms with van der Waals surface area (Å²) < 4.78 is 0. The molecule has 27 heavy (non-hydrogen) atoms. The minimum atomic E-state index is 0.0196. The van der Waals surface area contributed by atoms with Crippen molar-refractivity contribution in [2.45, 2.75) is 45.1 Å². The van der Waals surface area contributed by atoms with Gasteiger partial charge in [0, 0.05) is 37.9 Å². The van der Waals surface area contributed by atoms with Crippen LogP contribution in [0.25, 0.3) is 0 Å². The van der Waals surface area contributed by atoms with Gasteiger partial charge in [-0.3, -0.25) is 19.4 Å². The lowest BCUT2D eigenvalue weighted by Crippen LogP contribution is -2.51. The first kappa shape index (κ1) is 19.8. The number of nitrogens with zero attached hydrogens (tertiary/aromatic N) is 2. The minimum Gasteiger partial charge on any atom is -0.352 e. The van der Waals surface area contributed by atoms with Gasteiger partial charge in [0.25, 0.3) is 0 Å². The van der Waals surface area contributed by atoms with Crippen molar-refractivity contribution in [1.29, 1.82) is 0 Å². The van der Waals surface area contributed by atoms with Gasteiger partial charge >= 0.3 is 0 Å². The lowest BCUT2D eigenvalue weighted by Gasteiger charge is -2.33. The molecule has 6 heteroatoms. The Kier molecular flexibility index (Phi) is 6.85. The van der Waals surface area contributed by atoms with Crippen molar-refractivity contribution in [2.24, 2.45) is 0 Å². The fourth-order valence-corrected chi connectivity index (χ4v) is 3.34. The van der Waals surface area contributed by atoms with Gasteiger partial charge in [0.2, 0.25) is 11.8 Å². The van der Waals surface area contributed by atoms with E-state index in [4.69, 9.17) is 0 Å². The molecule has 0 spiro atoms. The molecule has 0 radical (unpaired) electrons. The van der Waals surface area contributed by atoms with Crippen LogP contribution < -0.4 is 10.6 Å². The molecule has 2 amide bonds. The highest BCUT2D eigenvalue weighted by Crippen LogP contribution is 2.20. The first-order valence-electron chi connectivity index (χ1n) is 10.2. The third kappa shape index (κ3) is 6.33. The normalized spacial score (nSPS) is 19.5. The van der Waals surface area contributed by atoms with E-state index in [1.165, 1.54) is 5.56 Å². The number of amides is 2. The van der Waals surface area contributed by atoms with E-state index >= 15 is 0 Å². The third-order valence-corrected chi connectivity index (χ3v) is 5.52. The summed E-state index contributed by atoms with van der Waals surface area (Å²) in [6, 6.07) is 8.57. The Bertz CT molecular complexity index is 634. The summed E-state index contributed by atoms with van der Waals surface area (Å²) >= 11 is 0. The van der Waals surface area contributed by atoms with E-state index in [-0.39, 0.29) is 11.8 Å². The number of benzene rings is 1. The predicted octanol–water partition coefficient (Wildman–Crippen LogP) is 2.03. The Labute approximate surface area is 162 Å². The molecule has 1 saturated carbocycles. The number of rotatable bonds is 8. The van der Waals surface area contributed by atoms with Crippen LogP contribution in [0.2, 0.25) is 0 Å². The molecule has 0 aromatic heterocycles. The first-order valence-corrected chi connectivity index (χ1v) is 10.2. The van der Waals surface area contributed by atoms with Crippen molar-refractivity contribution in [2.75, 3.05) is 44.6 Å². The molecule has 2 N–H and O–H groups in total. The molecule has 148 valence electrons. The second-order valence-corrected chi connectivity index (χ2v) is 7.87. The molecule has 1 aliphatic carbocycles. The highest BCUT2D eigenvalue weighted by Gasteiger charge is 2.25. The van der Waals surface area contributed by atoms with Crippen LogP contribution in [-0.4, -0.2) is 66.9 Å². The number of hydrogen-bond donors (Lipinski definition) is 2. The van der Waals surface area contributed by atoms with Gasteiger partial charge in [0.05, 0.1) is 13.1 Å². The van der Waals surface area contributed by atoms with E-state index in [0.29, 0.717) is 25.0 Å². The first-order chi connectivity index (χ1) is 13.0. The van der Waals surface area contributed by atoms with Crippen LogP contribution in [0.3, 0.4) is 0 Å². The third-order valence-electron chi connectivity index (χ3n) is 5.52. The molecule has 1 atom stereocenters. The zero-order chi connectivity index (χ0) is 19.2. The van der Waals surface area contributed by atoms with Gasteiger partial charge in [-0.05, 0) is 42.9 Å². The van der Waals surface area contributed by atoms with Crippen LogP contribution >= 0.6 is 0 Å². The maximum absolute atomic E-state index is 12.3. The molecule has 1 unspecified atom stereocenters. The Morgan fingerprint density at radius 3 is 2.07 bits per heavy atom. The Morgan fingerprint density at radius 2 is 1.56 bits per heavy atom. The van der Waals surface area contributed by atoms with Crippen LogP contribution in [0.5, 0.6) is 0 Å². The van der Waals surface area contributed by atoms with Gasteiger partial charge < -0.3 is 10.6 Å². The molecule has 6 nitrogen and oxygen atoms in total. The van der Waals surface area contributed by atoms with Crippen molar-refractivity contribution in [3.05, 3.63) is 29.8 Å². The van der Waals surface area contributed by atoms with Crippen LogP contribution in [0.4, 0.5) is 5.69 Å². The predicted molar refractivity (Wildman–Crippen MR) is 108 cm³/mol. The summed E-state index contributed by atoms with van der Waals surface area (Å²) in [5, 5.41) is 6.02. The minimum absolute atomic E-state index is 0.0196. The maximum atomic E-state index is 12.3. The smallest absolute Gasteiger partial charge is 0.238 e. The quantitative estimate of drug-likeness (QED) is 0.733. The number of anilines is 1. The van der Waals surface area contributed by atoms with Crippen LogP contribution in [0, 0.1) is 0 Å². The average molecular weight is 373 g/mol. The monoisotopic (exact) mass is 372 g/mol. The Balaban J connectivity index is 1.37. The molecule has 1 heterocycles. The van der Waals surface area contributed by atoms with E-state index in [0.717, 1.165) is 51.1 Å². The van der Waals surface area contributed by atoms with Gasteiger partial charge in [-0.25, -0.2) is 0 Å². The second-order valence-electron chi connectivity index (χ2n) is 7.87. The second kappa shape index (κ2) is 9.33. The molecule has 2 aliphatic rings. The highest BCUT2D eigenvalue weighted by molar-refractivity contribution is 5.92. The molecule has 1 aromatic carbocycles. The van der Waals surface area contributed by atoms with Gasteiger partial charge in [-0.1, -0.05) is 26.0 Å². The average Bonchev–Trinajstić information content (AvgIpc) is 3.47. The van der Waals surface area contributed by atoms with Crippen molar-refractivity contribution in [3.8, 4) is 0 Å². The Hall–Kier alpha value is -1.92. The fourth-order valence-electron chi connectivity index (χ4n) is 3.34. The molecular weight excluding hydrogens is 340 g/mol. The summed E-state index contributed by atoms with van der Waals surface area (Å²) in [7, 11) is 0. The lowest BCUT2D eigenvalue weighted by atomic mass is 9.99. The van der Waals surface area contributed by atoms with Gasteiger partial charge in [-0.2, -0.15) is 0 Å². The highest BCUT2D eigenvalue weighted by atomic mass is 16.2. The van der Waals surface area contributed by atoms with E-state index < -0.39 is 0 Å². The zero-order valence-electron chi connectivity index (χ0n) is 16.5. The van der Waals surface area contributed by atoms with E-state index in [2.05, 4.69) is 46.4 Å². The van der Waals surface area contributed by atoms with Gasteiger partial charge in [0.1, 0.15) is 0 Å². The molecule has 1 aromatic rings. The molecule has 1 saturated heterocycles. The number of carbonyl (C=O) groups is 2. The summed E-state index contributed by atoms with van der Waals surface area (Å²) in [6.07, 6.45) is 3.35. The zero-order valence-corrected chi connectivity index (χ0v) is 16.5. The Morgan fingerprint density at radius 1 is 1.00 bits per heavy atom. The van der Waals surface area contributed by atoms with Crippen molar-refractivity contribution in [3.63, 3.8) is 0 Å².